The molecule has 1 amide bonds. The second-order valence-electron chi connectivity index (χ2n) is 4.41. The lowest BCUT2D eigenvalue weighted by Crippen LogP contribution is -2.27. The molecule has 0 saturated carbocycles. The fourth-order valence-corrected chi connectivity index (χ4v) is 1.62. The number of tetrazole rings is 1. The van der Waals surface area contributed by atoms with Crippen molar-refractivity contribution in [3.63, 3.8) is 0 Å². The summed E-state index contributed by atoms with van der Waals surface area (Å²) < 4.78 is 0. The minimum absolute atomic E-state index is 0.166. The summed E-state index contributed by atoms with van der Waals surface area (Å²) in [6.45, 7) is 1.80. The molecule has 2 rings (SSSR count). The number of H-pyrrole nitrogens is 1. The summed E-state index contributed by atoms with van der Waals surface area (Å²) in [5.41, 5.74) is 1.57. The molecule has 1 heterocycles. The molecule has 2 N–H and O–H groups in total. The molecule has 100 valence electrons. The van der Waals surface area contributed by atoms with Crippen molar-refractivity contribution in [3.05, 3.63) is 35.7 Å². The van der Waals surface area contributed by atoms with Crippen molar-refractivity contribution in [3.8, 4) is 0 Å². The molecule has 0 bridgehead atoms. The summed E-state index contributed by atoms with van der Waals surface area (Å²) in [5.74, 6) is 0.290. The Morgan fingerprint density at radius 1 is 1.42 bits per heavy atom. The van der Waals surface area contributed by atoms with Crippen molar-refractivity contribution < 1.29 is 4.79 Å². The van der Waals surface area contributed by atoms with Crippen molar-refractivity contribution in [2.45, 2.75) is 13.0 Å². The number of aromatic nitrogens is 4. The highest BCUT2D eigenvalue weighted by molar-refractivity contribution is 5.95. The molecule has 0 aliphatic carbocycles. The molecule has 1 aromatic carbocycles. The second-order valence-corrected chi connectivity index (χ2v) is 4.41. The predicted octanol–water partition coefficient (Wildman–Crippen LogP) is 0.757. The van der Waals surface area contributed by atoms with Gasteiger partial charge in [0.2, 0.25) is 0 Å². The standard InChI is InChI=1S/C12H16N6O/c1-8(11-14-16-17-15-11)13-12(19)9-5-4-6-10(7-9)18(2)3/h4-8H,1-3H3,(H,13,19)(H,14,15,16,17). The van der Waals surface area contributed by atoms with Crippen molar-refractivity contribution >= 4 is 11.6 Å². The molecular weight excluding hydrogens is 244 g/mol. The van der Waals surface area contributed by atoms with E-state index in [4.69, 9.17) is 0 Å². The van der Waals surface area contributed by atoms with Crippen LogP contribution in [0.2, 0.25) is 0 Å². The minimum Gasteiger partial charge on any atom is -0.378 e. The SMILES string of the molecule is CC(NC(=O)c1cccc(N(C)C)c1)c1nn[nH]n1. The predicted molar refractivity (Wildman–Crippen MR) is 70.8 cm³/mol. The summed E-state index contributed by atoms with van der Waals surface area (Å²) in [7, 11) is 3.86. The minimum atomic E-state index is -0.297. The molecule has 0 aliphatic rings. The normalized spacial score (nSPS) is 11.9. The van der Waals surface area contributed by atoms with E-state index in [0.29, 0.717) is 11.4 Å². The monoisotopic (exact) mass is 260 g/mol. The molecule has 0 spiro atoms. The fraction of sp³-hybridized carbons (Fsp3) is 0.333. The molecule has 0 radical (unpaired) electrons. The molecular formula is C12H16N6O. The van der Waals surface area contributed by atoms with Gasteiger partial charge in [0.25, 0.3) is 5.91 Å². The molecule has 0 fully saturated rings. The summed E-state index contributed by atoms with van der Waals surface area (Å²) in [4.78, 5) is 14.1. The quantitative estimate of drug-likeness (QED) is 0.847. The van der Waals surface area contributed by atoms with Gasteiger partial charge in [-0.2, -0.15) is 5.21 Å². The molecule has 2 aromatic rings. The topological polar surface area (TPSA) is 86.8 Å². The van der Waals surface area contributed by atoms with Gasteiger partial charge in [0.1, 0.15) is 0 Å². The van der Waals surface area contributed by atoms with Gasteiger partial charge in [0.05, 0.1) is 6.04 Å². The highest BCUT2D eigenvalue weighted by Crippen LogP contribution is 2.14. The van der Waals surface area contributed by atoms with Crippen LogP contribution in [0.25, 0.3) is 0 Å². The number of nitrogens with zero attached hydrogens (tertiary/aromatic N) is 4. The molecule has 19 heavy (non-hydrogen) atoms. The summed E-state index contributed by atoms with van der Waals surface area (Å²) in [6, 6.07) is 7.10. The van der Waals surface area contributed by atoms with Gasteiger partial charge < -0.3 is 10.2 Å². The second kappa shape index (κ2) is 5.47. The zero-order valence-corrected chi connectivity index (χ0v) is 11.1. The van der Waals surface area contributed by atoms with Crippen LogP contribution in [0.15, 0.2) is 24.3 Å². The van der Waals surface area contributed by atoms with Crippen molar-refractivity contribution in [1.82, 2.24) is 25.9 Å². The van der Waals surface area contributed by atoms with Crippen LogP contribution in [0.1, 0.15) is 29.1 Å². The Labute approximate surface area is 111 Å². The molecule has 1 aromatic heterocycles. The van der Waals surface area contributed by atoms with E-state index in [9.17, 15) is 4.79 Å². The number of carbonyl (C=O) groups is 1. The Balaban J connectivity index is 2.10. The van der Waals surface area contributed by atoms with Crippen LogP contribution in [0.4, 0.5) is 5.69 Å². The molecule has 1 atom stereocenters. The number of carbonyl (C=O) groups excluding carboxylic acids is 1. The number of rotatable bonds is 4. The van der Waals surface area contributed by atoms with E-state index in [2.05, 4.69) is 25.9 Å². The van der Waals surface area contributed by atoms with E-state index in [-0.39, 0.29) is 11.9 Å². The zero-order valence-electron chi connectivity index (χ0n) is 11.1. The lowest BCUT2D eigenvalue weighted by atomic mass is 10.1. The van der Waals surface area contributed by atoms with Crippen molar-refractivity contribution in [1.29, 1.82) is 0 Å². The number of hydrogen-bond acceptors (Lipinski definition) is 5. The van der Waals surface area contributed by atoms with Gasteiger partial charge >= 0.3 is 0 Å². The fourth-order valence-electron chi connectivity index (χ4n) is 1.62. The summed E-state index contributed by atoms with van der Waals surface area (Å²) >= 11 is 0. The van der Waals surface area contributed by atoms with Gasteiger partial charge in [0.15, 0.2) is 5.82 Å². The number of nitrogens with one attached hydrogen (secondary N) is 2. The third kappa shape index (κ3) is 3.06. The average Bonchev–Trinajstić information content (AvgIpc) is 2.92. The maximum atomic E-state index is 12.1. The highest BCUT2D eigenvalue weighted by atomic mass is 16.1. The van der Waals surface area contributed by atoms with Gasteiger partial charge in [0, 0.05) is 25.3 Å². The van der Waals surface area contributed by atoms with E-state index in [1.165, 1.54) is 0 Å². The lowest BCUT2D eigenvalue weighted by molar-refractivity contribution is 0.0938. The molecule has 7 nitrogen and oxygen atoms in total. The first-order chi connectivity index (χ1) is 9.08. The number of anilines is 1. The summed E-state index contributed by atoms with van der Waals surface area (Å²) in [5, 5.41) is 16.3. The Morgan fingerprint density at radius 3 is 2.84 bits per heavy atom. The van der Waals surface area contributed by atoms with E-state index >= 15 is 0 Å². The molecule has 7 heteroatoms. The maximum Gasteiger partial charge on any atom is 0.251 e. The number of aromatic amines is 1. The highest BCUT2D eigenvalue weighted by Gasteiger charge is 2.15. The van der Waals surface area contributed by atoms with E-state index < -0.39 is 0 Å². The maximum absolute atomic E-state index is 12.1. The van der Waals surface area contributed by atoms with Crippen LogP contribution >= 0.6 is 0 Å². The van der Waals surface area contributed by atoms with Crippen LogP contribution in [0, 0.1) is 0 Å². The number of amides is 1. The average molecular weight is 260 g/mol. The van der Waals surface area contributed by atoms with Crippen LogP contribution in [-0.4, -0.2) is 40.6 Å². The zero-order chi connectivity index (χ0) is 13.8. The lowest BCUT2D eigenvalue weighted by Gasteiger charge is -2.14. The van der Waals surface area contributed by atoms with Gasteiger partial charge in [-0.25, -0.2) is 0 Å². The first-order valence-electron chi connectivity index (χ1n) is 5.89. The van der Waals surface area contributed by atoms with Crippen LogP contribution in [0.3, 0.4) is 0 Å². The third-order valence-corrected chi connectivity index (χ3v) is 2.72. The van der Waals surface area contributed by atoms with Gasteiger partial charge in [-0.3, -0.25) is 4.79 Å². The molecule has 1 unspecified atom stereocenters. The van der Waals surface area contributed by atoms with E-state index in [1.807, 2.05) is 37.2 Å². The Hall–Kier alpha value is -2.44. The van der Waals surface area contributed by atoms with E-state index in [0.717, 1.165) is 5.69 Å². The van der Waals surface area contributed by atoms with Gasteiger partial charge in [-0.15, -0.1) is 10.2 Å². The van der Waals surface area contributed by atoms with Crippen molar-refractivity contribution in [2.75, 3.05) is 19.0 Å². The largest absolute Gasteiger partial charge is 0.378 e. The van der Waals surface area contributed by atoms with E-state index in [1.54, 1.807) is 13.0 Å². The summed E-state index contributed by atoms with van der Waals surface area (Å²) in [6.07, 6.45) is 0. The smallest absolute Gasteiger partial charge is 0.251 e. The molecule has 0 saturated heterocycles. The van der Waals surface area contributed by atoms with Crippen LogP contribution in [0.5, 0.6) is 0 Å². The first kappa shape index (κ1) is 13.0. The van der Waals surface area contributed by atoms with Crippen LogP contribution in [-0.2, 0) is 0 Å². The first-order valence-corrected chi connectivity index (χ1v) is 5.89. The van der Waals surface area contributed by atoms with Crippen LogP contribution < -0.4 is 10.2 Å². The molecule has 0 aliphatic heterocycles. The number of hydrogen-bond donors (Lipinski definition) is 2. The Morgan fingerprint density at radius 2 is 2.21 bits per heavy atom. The van der Waals surface area contributed by atoms with Crippen molar-refractivity contribution in [2.24, 2.45) is 0 Å². The van der Waals surface area contributed by atoms with Gasteiger partial charge in [-0.05, 0) is 25.1 Å². The number of benzene rings is 1. The van der Waals surface area contributed by atoms with Gasteiger partial charge in [-0.1, -0.05) is 11.3 Å². The third-order valence-electron chi connectivity index (χ3n) is 2.72. The Bertz CT molecular complexity index is 551. The Kier molecular flexibility index (Phi) is 3.74.